The number of benzene rings is 1. The summed E-state index contributed by atoms with van der Waals surface area (Å²) in [7, 11) is 0. The number of aromatic nitrogens is 4. The van der Waals surface area contributed by atoms with Gasteiger partial charge >= 0.3 is 0 Å². The van der Waals surface area contributed by atoms with Gasteiger partial charge in [-0.25, -0.2) is 9.97 Å². The van der Waals surface area contributed by atoms with Crippen molar-refractivity contribution in [2.75, 3.05) is 57.4 Å². The Balaban J connectivity index is 1.38. The maximum absolute atomic E-state index is 12.1. The number of nitrogens with one attached hydrogen (secondary N) is 1. The van der Waals surface area contributed by atoms with Crippen molar-refractivity contribution in [3.8, 4) is 11.3 Å². The highest BCUT2D eigenvalue weighted by Crippen LogP contribution is 2.37. The fourth-order valence-electron chi connectivity index (χ4n) is 4.95. The van der Waals surface area contributed by atoms with Crippen molar-refractivity contribution in [3.63, 3.8) is 0 Å². The average molecular weight is 492 g/mol. The van der Waals surface area contributed by atoms with Gasteiger partial charge in [0.15, 0.2) is 0 Å². The smallest absolute Gasteiger partial charge is 0.226 e. The standard InChI is InChI=1S/C25H29N7O2S/c1-2-21(33)31-8-6-30(7-9-31)15-17-16-35-24-22(17)27-25(32-10-12-34-13-11-32)28-23(24)18-4-3-5-20-19(18)14-26-29-20/h3-5,14,16H,2,6-13,15H2,1H3,(H,26,29). The largest absolute Gasteiger partial charge is 0.378 e. The van der Waals surface area contributed by atoms with E-state index >= 15 is 0 Å². The molecular weight excluding hydrogens is 462 g/mol. The van der Waals surface area contributed by atoms with Gasteiger partial charge in [-0.05, 0) is 11.4 Å². The van der Waals surface area contributed by atoms with Crippen LogP contribution in [0, 0.1) is 0 Å². The topological polar surface area (TPSA) is 90.5 Å². The number of fused-ring (bicyclic) bond motifs is 2. The van der Waals surface area contributed by atoms with Gasteiger partial charge in [0.25, 0.3) is 0 Å². The van der Waals surface area contributed by atoms with Crippen LogP contribution in [0.1, 0.15) is 18.9 Å². The summed E-state index contributed by atoms with van der Waals surface area (Å²) in [6.45, 7) is 9.03. The number of hydrogen-bond donors (Lipinski definition) is 1. The van der Waals surface area contributed by atoms with E-state index in [4.69, 9.17) is 14.7 Å². The molecule has 0 spiro atoms. The number of anilines is 1. The molecule has 1 N–H and O–H groups in total. The van der Waals surface area contributed by atoms with Gasteiger partial charge in [0.05, 0.1) is 40.8 Å². The molecule has 0 saturated carbocycles. The molecule has 0 aliphatic carbocycles. The number of amides is 1. The van der Waals surface area contributed by atoms with Crippen molar-refractivity contribution >= 4 is 44.3 Å². The number of morpholine rings is 1. The highest BCUT2D eigenvalue weighted by molar-refractivity contribution is 7.17. The fourth-order valence-corrected chi connectivity index (χ4v) is 5.95. The van der Waals surface area contributed by atoms with E-state index in [-0.39, 0.29) is 5.91 Å². The van der Waals surface area contributed by atoms with E-state index in [0.717, 1.165) is 84.1 Å². The molecule has 0 bridgehead atoms. The predicted molar refractivity (Wildman–Crippen MR) is 138 cm³/mol. The minimum absolute atomic E-state index is 0.242. The minimum Gasteiger partial charge on any atom is -0.378 e. The molecule has 1 amide bonds. The lowest BCUT2D eigenvalue weighted by Crippen LogP contribution is -2.48. The monoisotopic (exact) mass is 491 g/mol. The van der Waals surface area contributed by atoms with Crippen LogP contribution >= 0.6 is 11.3 Å². The Bertz CT molecular complexity index is 1350. The summed E-state index contributed by atoms with van der Waals surface area (Å²) in [5.41, 5.74) is 5.27. The van der Waals surface area contributed by atoms with E-state index in [1.807, 2.05) is 30.2 Å². The molecule has 2 aliphatic heterocycles. The Morgan fingerprint density at radius 1 is 1.11 bits per heavy atom. The van der Waals surface area contributed by atoms with Crippen LogP contribution < -0.4 is 4.90 Å². The molecule has 9 nitrogen and oxygen atoms in total. The highest BCUT2D eigenvalue weighted by atomic mass is 32.1. The quantitative estimate of drug-likeness (QED) is 0.459. The number of carbonyl (C=O) groups is 1. The van der Waals surface area contributed by atoms with Gasteiger partial charge in [-0.1, -0.05) is 19.1 Å². The van der Waals surface area contributed by atoms with Crippen LogP contribution in [0.15, 0.2) is 29.8 Å². The second-order valence-corrected chi connectivity index (χ2v) is 9.94. The first-order valence-electron chi connectivity index (χ1n) is 12.2. The van der Waals surface area contributed by atoms with Crippen molar-refractivity contribution in [1.29, 1.82) is 0 Å². The third-order valence-electron chi connectivity index (χ3n) is 6.93. The normalized spacial score (nSPS) is 17.5. The summed E-state index contributed by atoms with van der Waals surface area (Å²) < 4.78 is 6.67. The molecule has 2 aliphatic rings. The number of rotatable bonds is 5. The van der Waals surface area contributed by atoms with Crippen molar-refractivity contribution < 1.29 is 9.53 Å². The maximum atomic E-state index is 12.1. The summed E-state index contributed by atoms with van der Waals surface area (Å²) in [5, 5.41) is 10.6. The zero-order chi connectivity index (χ0) is 23.8. The Morgan fingerprint density at radius 2 is 1.94 bits per heavy atom. The van der Waals surface area contributed by atoms with E-state index in [1.165, 1.54) is 5.56 Å². The summed E-state index contributed by atoms with van der Waals surface area (Å²) >= 11 is 1.71. The Hall–Kier alpha value is -3.08. The molecule has 10 heteroatoms. The lowest BCUT2D eigenvalue weighted by Gasteiger charge is -2.34. The van der Waals surface area contributed by atoms with Crippen LogP contribution in [0.3, 0.4) is 0 Å². The second-order valence-electron chi connectivity index (χ2n) is 9.06. The van der Waals surface area contributed by atoms with E-state index in [0.29, 0.717) is 19.6 Å². The number of ether oxygens (including phenoxy) is 1. The Labute approximate surface area is 207 Å². The lowest BCUT2D eigenvalue weighted by molar-refractivity contribution is -0.132. The van der Waals surface area contributed by atoms with E-state index in [9.17, 15) is 4.79 Å². The second kappa shape index (κ2) is 9.52. The third kappa shape index (κ3) is 4.26. The summed E-state index contributed by atoms with van der Waals surface area (Å²) in [6.07, 6.45) is 2.45. The van der Waals surface area contributed by atoms with Crippen LogP contribution in [0.2, 0.25) is 0 Å². The lowest BCUT2D eigenvalue weighted by atomic mass is 10.1. The number of aromatic amines is 1. The van der Waals surface area contributed by atoms with E-state index < -0.39 is 0 Å². The maximum Gasteiger partial charge on any atom is 0.226 e. The fraction of sp³-hybridized carbons (Fsp3) is 0.440. The molecule has 5 heterocycles. The Morgan fingerprint density at radius 3 is 2.74 bits per heavy atom. The average Bonchev–Trinajstić information content (AvgIpc) is 3.56. The zero-order valence-electron chi connectivity index (χ0n) is 19.9. The van der Waals surface area contributed by atoms with Gasteiger partial charge in [0, 0.05) is 68.7 Å². The van der Waals surface area contributed by atoms with E-state index in [2.05, 4.69) is 31.4 Å². The van der Waals surface area contributed by atoms with Crippen LogP contribution in [0.5, 0.6) is 0 Å². The number of thiophene rings is 1. The van der Waals surface area contributed by atoms with E-state index in [1.54, 1.807) is 11.3 Å². The summed E-state index contributed by atoms with van der Waals surface area (Å²) in [6, 6.07) is 6.20. The first-order valence-corrected chi connectivity index (χ1v) is 13.1. The summed E-state index contributed by atoms with van der Waals surface area (Å²) in [4.78, 5) is 28.9. The Kier molecular flexibility index (Phi) is 6.09. The number of nitrogens with zero attached hydrogens (tertiary/aromatic N) is 6. The number of carbonyl (C=O) groups excluding carboxylic acids is 1. The molecule has 0 unspecified atom stereocenters. The van der Waals surface area contributed by atoms with Crippen LogP contribution in [0.25, 0.3) is 32.4 Å². The molecule has 35 heavy (non-hydrogen) atoms. The molecule has 1 aromatic carbocycles. The first-order chi connectivity index (χ1) is 17.2. The molecule has 182 valence electrons. The first kappa shape index (κ1) is 22.4. The van der Waals surface area contributed by atoms with Gasteiger partial charge in [0.2, 0.25) is 11.9 Å². The molecule has 0 radical (unpaired) electrons. The molecule has 0 atom stereocenters. The molecule has 6 rings (SSSR count). The van der Waals surface area contributed by atoms with Crippen LogP contribution in [-0.2, 0) is 16.1 Å². The number of piperazine rings is 1. The number of hydrogen-bond acceptors (Lipinski definition) is 8. The van der Waals surface area contributed by atoms with Crippen molar-refractivity contribution in [1.82, 2.24) is 30.0 Å². The molecule has 2 fully saturated rings. The van der Waals surface area contributed by atoms with Gasteiger partial charge in [0.1, 0.15) is 0 Å². The van der Waals surface area contributed by atoms with Crippen molar-refractivity contribution in [2.24, 2.45) is 0 Å². The molecular formula is C25H29N7O2S. The predicted octanol–water partition coefficient (Wildman–Crippen LogP) is 3.13. The van der Waals surface area contributed by atoms with Gasteiger partial charge in [-0.3, -0.25) is 14.8 Å². The SMILES string of the molecule is CCC(=O)N1CCN(Cc2csc3c(-c4cccc5[nH]ncc45)nc(N4CCOCC4)nc23)CC1. The summed E-state index contributed by atoms with van der Waals surface area (Å²) in [5.74, 6) is 1.00. The van der Waals surface area contributed by atoms with Crippen molar-refractivity contribution in [2.45, 2.75) is 19.9 Å². The van der Waals surface area contributed by atoms with Crippen molar-refractivity contribution in [3.05, 3.63) is 35.3 Å². The van der Waals surface area contributed by atoms with Gasteiger partial charge < -0.3 is 14.5 Å². The highest BCUT2D eigenvalue weighted by Gasteiger charge is 2.24. The van der Waals surface area contributed by atoms with Gasteiger partial charge in [-0.15, -0.1) is 11.3 Å². The molecule has 3 aromatic heterocycles. The minimum atomic E-state index is 0.242. The molecule has 2 saturated heterocycles. The van der Waals surface area contributed by atoms with Crippen LogP contribution in [0.4, 0.5) is 5.95 Å². The van der Waals surface area contributed by atoms with Gasteiger partial charge in [-0.2, -0.15) is 5.10 Å². The molecule has 4 aromatic rings. The third-order valence-corrected chi connectivity index (χ3v) is 7.96. The van der Waals surface area contributed by atoms with Crippen LogP contribution in [-0.4, -0.2) is 88.4 Å². The zero-order valence-corrected chi connectivity index (χ0v) is 20.7. The number of H-pyrrole nitrogens is 1.